The molecule has 0 aliphatic carbocycles. The van der Waals surface area contributed by atoms with Crippen LogP contribution >= 0.6 is 0 Å². The van der Waals surface area contributed by atoms with E-state index in [2.05, 4.69) is 10.5 Å². The average Bonchev–Trinajstić information content (AvgIpc) is 2.94. The summed E-state index contributed by atoms with van der Waals surface area (Å²) in [4.78, 5) is 21.8. The number of hydrogen-bond donors (Lipinski definition) is 2. The van der Waals surface area contributed by atoms with E-state index in [1.165, 1.54) is 12.1 Å². The van der Waals surface area contributed by atoms with Gasteiger partial charge >= 0.3 is 5.97 Å². The fourth-order valence-electron chi connectivity index (χ4n) is 2.18. The largest absolute Gasteiger partial charge is 0.480 e. The molecule has 2 N–H and O–H groups in total. The van der Waals surface area contributed by atoms with E-state index in [9.17, 15) is 20.0 Å². The van der Waals surface area contributed by atoms with E-state index < -0.39 is 16.9 Å². The van der Waals surface area contributed by atoms with Crippen LogP contribution in [0.2, 0.25) is 0 Å². The Bertz CT molecular complexity index is 711. The number of nitrogens with zero attached hydrogens (tertiary/aromatic N) is 2. The molecule has 0 bridgehead atoms. The SMILES string of the molecule is CC(C)CC(Nc1cc(-c2ccccc2[N+](=O)[O-])no1)C(=O)O. The van der Waals surface area contributed by atoms with Crippen molar-refractivity contribution in [3.05, 3.63) is 40.4 Å². The van der Waals surface area contributed by atoms with E-state index in [0.29, 0.717) is 12.0 Å². The molecule has 2 aromatic rings. The van der Waals surface area contributed by atoms with Crippen LogP contribution in [0.3, 0.4) is 0 Å². The molecule has 0 aliphatic heterocycles. The van der Waals surface area contributed by atoms with Crippen LogP contribution in [0.25, 0.3) is 11.3 Å². The lowest BCUT2D eigenvalue weighted by molar-refractivity contribution is -0.384. The van der Waals surface area contributed by atoms with Crippen molar-refractivity contribution in [2.24, 2.45) is 5.92 Å². The van der Waals surface area contributed by atoms with E-state index in [1.54, 1.807) is 18.2 Å². The summed E-state index contributed by atoms with van der Waals surface area (Å²) in [6.45, 7) is 3.83. The van der Waals surface area contributed by atoms with Gasteiger partial charge in [-0.25, -0.2) is 4.79 Å². The molecule has 122 valence electrons. The minimum absolute atomic E-state index is 0.0932. The predicted octanol–water partition coefficient (Wildman–Crippen LogP) is 3.16. The van der Waals surface area contributed by atoms with Crippen LogP contribution in [-0.2, 0) is 4.79 Å². The van der Waals surface area contributed by atoms with Gasteiger partial charge in [0.15, 0.2) is 0 Å². The highest BCUT2D eigenvalue weighted by atomic mass is 16.6. The van der Waals surface area contributed by atoms with E-state index >= 15 is 0 Å². The van der Waals surface area contributed by atoms with Crippen molar-refractivity contribution in [3.8, 4) is 11.3 Å². The van der Waals surface area contributed by atoms with E-state index in [1.807, 2.05) is 13.8 Å². The predicted molar refractivity (Wildman–Crippen MR) is 83.1 cm³/mol. The molecule has 23 heavy (non-hydrogen) atoms. The lowest BCUT2D eigenvalue weighted by Gasteiger charge is -2.14. The lowest BCUT2D eigenvalue weighted by atomic mass is 10.0. The molecule has 1 atom stereocenters. The highest BCUT2D eigenvalue weighted by Gasteiger charge is 2.22. The quantitative estimate of drug-likeness (QED) is 0.594. The molecule has 0 amide bonds. The minimum atomic E-state index is -0.998. The summed E-state index contributed by atoms with van der Waals surface area (Å²) < 4.78 is 5.07. The smallest absolute Gasteiger partial charge is 0.326 e. The normalized spacial score (nSPS) is 12.1. The number of nitrogens with one attached hydrogen (secondary N) is 1. The van der Waals surface area contributed by atoms with E-state index in [-0.39, 0.29) is 23.2 Å². The Labute approximate surface area is 132 Å². The van der Waals surface area contributed by atoms with Gasteiger partial charge in [-0.15, -0.1) is 0 Å². The Morgan fingerprint density at radius 2 is 2.13 bits per heavy atom. The summed E-state index contributed by atoms with van der Waals surface area (Å²) in [6.07, 6.45) is 0.414. The second-order valence-electron chi connectivity index (χ2n) is 5.52. The fraction of sp³-hybridized carbons (Fsp3) is 0.333. The number of para-hydroxylation sites is 1. The molecule has 1 heterocycles. The Morgan fingerprint density at radius 3 is 2.74 bits per heavy atom. The maximum atomic E-state index is 11.2. The van der Waals surface area contributed by atoms with Crippen molar-refractivity contribution in [1.82, 2.24) is 5.16 Å². The van der Waals surface area contributed by atoms with Crippen molar-refractivity contribution in [2.75, 3.05) is 5.32 Å². The monoisotopic (exact) mass is 319 g/mol. The first kappa shape index (κ1) is 16.5. The third-order valence-electron chi connectivity index (χ3n) is 3.21. The molecular formula is C15H17N3O5. The zero-order chi connectivity index (χ0) is 17.0. The van der Waals surface area contributed by atoms with Gasteiger partial charge in [-0.3, -0.25) is 10.1 Å². The first-order chi connectivity index (χ1) is 10.9. The molecular weight excluding hydrogens is 302 g/mol. The number of anilines is 1. The minimum Gasteiger partial charge on any atom is -0.480 e. The summed E-state index contributed by atoms with van der Waals surface area (Å²) in [5.41, 5.74) is 0.489. The maximum Gasteiger partial charge on any atom is 0.326 e. The Morgan fingerprint density at radius 1 is 1.43 bits per heavy atom. The zero-order valence-corrected chi connectivity index (χ0v) is 12.7. The first-order valence-electron chi connectivity index (χ1n) is 7.08. The van der Waals surface area contributed by atoms with Gasteiger partial charge in [-0.2, -0.15) is 0 Å². The summed E-state index contributed by atoms with van der Waals surface area (Å²) in [6, 6.07) is 6.78. The van der Waals surface area contributed by atoms with Crippen LogP contribution in [0.5, 0.6) is 0 Å². The number of benzene rings is 1. The Balaban J connectivity index is 2.24. The second kappa shape index (κ2) is 6.91. The summed E-state index contributed by atoms with van der Waals surface area (Å²) in [5.74, 6) is -0.658. The second-order valence-corrected chi connectivity index (χ2v) is 5.52. The number of carboxylic acid groups (broad SMARTS) is 1. The lowest BCUT2D eigenvalue weighted by Crippen LogP contribution is -2.30. The van der Waals surface area contributed by atoms with Gasteiger partial charge in [0.2, 0.25) is 5.88 Å². The molecule has 1 aromatic carbocycles. The van der Waals surface area contributed by atoms with Gasteiger partial charge in [-0.1, -0.05) is 31.1 Å². The van der Waals surface area contributed by atoms with Crippen molar-refractivity contribution in [2.45, 2.75) is 26.3 Å². The molecule has 0 radical (unpaired) electrons. The Hall–Kier alpha value is -2.90. The standard InChI is InChI=1S/C15H17N3O5/c1-9(2)7-12(15(19)20)16-14-8-11(17-23-14)10-5-3-4-6-13(10)18(21)22/h3-6,8-9,12,16H,7H2,1-2H3,(H,19,20). The van der Waals surface area contributed by atoms with Gasteiger partial charge in [0.1, 0.15) is 11.7 Å². The number of rotatable bonds is 7. The third-order valence-corrected chi connectivity index (χ3v) is 3.21. The van der Waals surface area contributed by atoms with Crippen LogP contribution in [0.15, 0.2) is 34.9 Å². The topological polar surface area (TPSA) is 119 Å². The average molecular weight is 319 g/mol. The third kappa shape index (κ3) is 4.06. The molecule has 0 fully saturated rings. The fourth-order valence-corrected chi connectivity index (χ4v) is 2.18. The van der Waals surface area contributed by atoms with Crippen molar-refractivity contribution in [3.63, 3.8) is 0 Å². The van der Waals surface area contributed by atoms with Crippen LogP contribution in [0, 0.1) is 16.0 Å². The van der Waals surface area contributed by atoms with Crippen LogP contribution in [0.1, 0.15) is 20.3 Å². The van der Waals surface area contributed by atoms with Gasteiger partial charge in [0, 0.05) is 12.1 Å². The van der Waals surface area contributed by atoms with Crippen LogP contribution < -0.4 is 5.32 Å². The number of nitro benzene ring substituents is 1. The van der Waals surface area contributed by atoms with Gasteiger partial charge < -0.3 is 14.9 Å². The molecule has 1 aromatic heterocycles. The van der Waals surface area contributed by atoms with E-state index in [4.69, 9.17) is 4.52 Å². The molecule has 1 unspecified atom stereocenters. The number of carbonyl (C=O) groups is 1. The van der Waals surface area contributed by atoms with E-state index in [0.717, 1.165) is 0 Å². The van der Waals surface area contributed by atoms with Crippen molar-refractivity contribution in [1.29, 1.82) is 0 Å². The molecule has 0 saturated heterocycles. The number of nitro groups is 1. The summed E-state index contributed by atoms with van der Waals surface area (Å²) in [7, 11) is 0. The van der Waals surface area contributed by atoms with Gasteiger partial charge in [0.25, 0.3) is 5.69 Å². The number of carboxylic acids is 1. The molecule has 2 rings (SSSR count). The highest BCUT2D eigenvalue weighted by Crippen LogP contribution is 2.30. The van der Waals surface area contributed by atoms with Crippen molar-refractivity contribution < 1.29 is 19.3 Å². The first-order valence-corrected chi connectivity index (χ1v) is 7.08. The summed E-state index contributed by atoms with van der Waals surface area (Å²) in [5, 5.41) is 26.8. The molecule has 0 aliphatic rings. The van der Waals surface area contributed by atoms with Crippen LogP contribution in [-0.4, -0.2) is 27.2 Å². The Kier molecular flexibility index (Phi) is 4.95. The van der Waals surface area contributed by atoms with Gasteiger partial charge in [-0.05, 0) is 18.4 Å². The highest BCUT2D eigenvalue weighted by molar-refractivity contribution is 5.77. The number of aromatic nitrogens is 1. The molecule has 0 saturated carbocycles. The zero-order valence-electron chi connectivity index (χ0n) is 12.7. The maximum absolute atomic E-state index is 11.2. The molecule has 0 spiro atoms. The van der Waals surface area contributed by atoms with Gasteiger partial charge in [0.05, 0.1) is 10.5 Å². The number of aliphatic carboxylic acids is 1. The summed E-state index contributed by atoms with van der Waals surface area (Å²) >= 11 is 0. The number of hydrogen-bond acceptors (Lipinski definition) is 6. The molecule has 8 heteroatoms. The molecule has 8 nitrogen and oxygen atoms in total. The van der Waals surface area contributed by atoms with Crippen molar-refractivity contribution >= 4 is 17.5 Å². The van der Waals surface area contributed by atoms with Crippen LogP contribution in [0.4, 0.5) is 11.6 Å².